The summed E-state index contributed by atoms with van der Waals surface area (Å²) in [5, 5.41) is 11.3. The van der Waals surface area contributed by atoms with Crippen molar-refractivity contribution in [2.45, 2.75) is 0 Å². The fourth-order valence-electron chi connectivity index (χ4n) is 1.58. The minimum Gasteiger partial charge on any atom is -0.397 e. The zero-order valence-corrected chi connectivity index (χ0v) is 11.7. The largest absolute Gasteiger partial charge is 0.397 e. The van der Waals surface area contributed by atoms with E-state index >= 15 is 0 Å². The average molecular weight is 334 g/mol. The van der Waals surface area contributed by atoms with Gasteiger partial charge in [0.2, 0.25) is 0 Å². The molecule has 2 aromatic carbocycles. The van der Waals surface area contributed by atoms with E-state index in [-0.39, 0.29) is 15.7 Å². The van der Waals surface area contributed by atoms with Crippen LogP contribution in [0.25, 0.3) is 0 Å². The van der Waals surface area contributed by atoms with Crippen LogP contribution in [-0.2, 0) is 0 Å². The van der Waals surface area contributed by atoms with Crippen molar-refractivity contribution in [2.24, 2.45) is 0 Å². The maximum absolute atomic E-state index is 13.4. The molecule has 0 aliphatic carbocycles. The number of benzene rings is 2. The van der Waals surface area contributed by atoms with Crippen molar-refractivity contribution in [3.63, 3.8) is 0 Å². The first-order valence-electron chi connectivity index (χ1n) is 5.57. The molecule has 20 heavy (non-hydrogen) atoms. The van der Waals surface area contributed by atoms with Gasteiger partial charge in [0.1, 0.15) is 5.82 Å². The van der Waals surface area contributed by atoms with E-state index in [1.54, 1.807) is 0 Å². The molecule has 0 spiro atoms. The molecule has 0 aliphatic rings. The number of nitrogens with zero attached hydrogens (tertiary/aromatic N) is 1. The second-order valence-electron chi connectivity index (χ2n) is 4.00. The number of halogens is 2. The van der Waals surface area contributed by atoms with E-state index in [2.05, 4.69) is 21.2 Å². The van der Waals surface area contributed by atoms with E-state index in [1.165, 1.54) is 30.3 Å². The van der Waals surface area contributed by atoms with Crippen molar-refractivity contribution in [1.82, 2.24) is 0 Å². The second kappa shape index (κ2) is 5.72. The maximum Gasteiger partial charge on any atom is 0.255 e. The number of amides is 1. The van der Waals surface area contributed by atoms with Crippen LogP contribution in [0.1, 0.15) is 15.9 Å². The summed E-state index contributed by atoms with van der Waals surface area (Å²) in [6.07, 6.45) is 0. The maximum atomic E-state index is 13.4. The molecular weight excluding hydrogens is 325 g/mol. The summed E-state index contributed by atoms with van der Waals surface area (Å²) >= 11 is 3.02. The highest BCUT2D eigenvalue weighted by Crippen LogP contribution is 2.21. The smallest absolute Gasteiger partial charge is 0.255 e. The van der Waals surface area contributed by atoms with E-state index in [9.17, 15) is 9.18 Å². The molecule has 0 saturated carbocycles. The first-order chi connectivity index (χ1) is 9.51. The highest BCUT2D eigenvalue weighted by molar-refractivity contribution is 9.10. The summed E-state index contributed by atoms with van der Waals surface area (Å²) in [6.45, 7) is 0. The first-order valence-corrected chi connectivity index (χ1v) is 6.36. The van der Waals surface area contributed by atoms with Crippen LogP contribution in [0.2, 0.25) is 0 Å². The Bertz CT molecular complexity index is 725. The zero-order valence-electron chi connectivity index (χ0n) is 10.2. The Hall–Kier alpha value is -2.39. The molecule has 100 valence electrons. The van der Waals surface area contributed by atoms with E-state index in [4.69, 9.17) is 11.0 Å². The Morgan fingerprint density at radius 1 is 1.30 bits per heavy atom. The van der Waals surface area contributed by atoms with Crippen molar-refractivity contribution in [3.8, 4) is 6.07 Å². The molecule has 0 heterocycles. The Morgan fingerprint density at radius 2 is 2.05 bits per heavy atom. The molecule has 3 N–H and O–H groups in total. The quantitative estimate of drug-likeness (QED) is 0.827. The highest BCUT2D eigenvalue weighted by Gasteiger charge is 2.10. The molecule has 1 amide bonds. The van der Waals surface area contributed by atoms with Crippen molar-refractivity contribution >= 4 is 33.2 Å². The van der Waals surface area contributed by atoms with Gasteiger partial charge in [-0.05, 0) is 52.3 Å². The molecule has 0 unspecified atom stereocenters. The van der Waals surface area contributed by atoms with Gasteiger partial charge in [-0.15, -0.1) is 0 Å². The van der Waals surface area contributed by atoms with Gasteiger partial charge < -0.3 is 11.1 Å². The van der Waals surface area contributed by atoms with Gasteiger partial charge in [0.25, 0.3) is 5.91 Å². The highest BCUT2D eigenvalue weighted by atomic mass is 79.9. The molecule has 0 atom stereocenters. The summed E-state index contributed by atoms with van der Waals surface area (Å²) in [4.78, 5) is 12.0. The third-order valence-corrected chi connectivity index (χ3v) is 3.25. The fourth-order valence-corrected chi connectivity index (χ4v) is 1.82. The van der Waals surface area contributed by atoms with Gasteiger partial charge in [0, 0.05) is 5.56 Å². The molecule has 0 aliphatic heterocycles. The van der Waals surface area contributed by atoms with Gasteiger partial charge in [-0.3, -0.25) is 4.79 Å². The lowest BCUT2D eigenvalue weighted by molar-refractivity contribution is 0.102. The normalized spacial score (nSPS) is 9.85. The number of hydrogen-bond acceptors (Lipinski definition) is 3. The molecule has 2 rings (SSSR count). The van der Waals surface area contributed by atoms with E-state index in [1.807, 2.05) is 6.07 Å². The Balaban J connectivity index is 2.23. The van der Waals surface area contributed by atoms with Crippen molar-refractivity contribution < 1.29 is 9.18 Å². The number of nitrogens with two attached hydrogens (primary N) is 1. The summed E-state index contributed by atoms with van der Waals surface area (Å²) < 4.78 is 13.7. The van der Waals surface area contributed by atoms with Crippen molar-refractivity contribution in [3.05, 3.63) is 57.8 Å². The van der Waals surface area contributed by atoms with E-state index in [0.29, 0.717) is 11.3 Å². The van der Waals surface area contributed by atoms with Crippen LogP contribution in [0.4, 0.5) is 15.8 Å². The fraction of sp³-hybridized carbons (Fsp3) is 0. The number of hydrogen-bond donors (Lipinski definition) is 2. The Kier molecular flexibility index (Phi) is 4.01. The van der Waals surface area contributed by atoms with E-state index in [0.717, 1.165) is 6.07 Å². The SMILES string of the molecule is N#Cc1ccc(NC(=O)c2ccc(Br)c(F)c2)c(N)c1. The van der Waals surface area contributed by atoms with Crippen LogP contribution < -0.4 is 11.1 Å². The van der Waals surface area contributed by atoms with Crippen LogP contribution in [0, 0.1) is 17.1 Å². The minimum absolute atomic E-state index is 0.175. The monoisotopic (exact) mass is 333 g/mol. The molecule has 0 bridgehead atoms. The van der Waals surface area contributed by atoms with Gasteiger partial charge in [0.15, 0.2) is 0 Å². The van der Waals surface area contributed by atoms with Crippen LogP contribution in [0.5, 0.6) is 0 Å². The second-order valence-corrected chi connectivity index (χ2v) is 4.85. The molecule has 6 heteroatoms. The lowest BCUT2D eigenvalue weighted by Crippen LogP contribution is -2.13. The third-order valence-electron chi connectivity index (χ3n) is 2.61. The molecule has 0 fully saturated rings. The number of nitrogen functional groups attached to an aromatic ring is 1. The summed E-state index contributed by atoms with van der Waals surface area (Å²) in [7, 11) is 0. The lowest BCUT2D eigenvalue weighted by atomic mass is 10.1. The molecule has 2 aromatic rings. The lowest BCUT2D eigenvalue weighted by Gasteiger charge is -2.08. The van der Waals surface area contributed by atoms with Gasteiger partial charge >= 0.3 is 0 Å². The number of rotatable bonds is 2. The Morgan fingerprint density at radius 3 is 2.65 bits per heavy atom. The summed E-state index contributed by atoms with van der Waals surface area (Å²) in [6, 6.07) is 10.5. The zero-order chi connectivity index (χ0) is 14.7. The molecular formula is C14H9BrFN3O. The topological polar surface area (TPSA) is 78.9 Å². The summed E-state index contributed by atoms with van der Waals surface area (Å²) in [5.41, 5.74) is 6.95. The number of carbonyl (C=O) groups is 1. The molecule has 0 aromatic heterocycles. The number of anilines is 2. The van der Waals surface area contributed by atoms with Crippen LogP contribution in [0.15, 0.2) is 40.9 Å². The third kappa shape index (κ3) is 2.95. The van der Waals surface area contributed by atoms with Crippen LogP contribution >= 0.6 is 15.9 Å². The van der Waals surface area contributed by atoms with Crippen molar-refractivity contribution in [2.75, 3.05) is 11.1 Å². The number of carbonyl (C=O) groups excluding carboxylic acids is 1. The van der Waals surface area contributed by atoms with Gasteiger partial charge in [-0.1, -0.05) is 0 Å². The standard InChI is InChI=1S/C14H9BrFN3O/c15-10-3-2-9(6-11(10)16)14(20)19-13-4-1-8(7-17)5-12(13)18/h1-6H,18H2,(H,19,20). The minimum atomic E-state index is -0.523. The predicted molar refractivity (Wildman–Crippen MR) is 77.6 cm³/mol. The first kappa shape index (κ1) is 14.0. The van der Waals surface area contributed by atoms with Gasteiger partial charge in [-0.2, -0.15) is 5.26 Å². The number of nitriles is 1. The van der Waals surface area contributed by atoms with Crippen LogP contribution in [-0.4, -0.2) is 5.91 Å². The van der Waals surface area contributed by atoms with Crippen molar-refractivity contribution in [1.29, 1.82) is 5.26 Å². The Labute approximate surface area is 123 Å². The average Bonchev–Trinajstić information content (AvgIpc) is 2.43. The van der Waals surface area contributed by atoms with E-state index < -0.39 is 11.7 Å². The molecule has 4 nitrogen and oxygen atoms in total. The predicted octanol–water partition coefficient (Wildman–Crippen LogP) is 3.29. The molecule has 0 saturated heterocycles. The number of nitrogens with one attached hydrogen (secondary N) is 1. The van der Waals surface area contributed by atoms with Gasteiger partial charge in [0.05, 0.1) is 27.5 Å². The summed E-state index contributed by atoms with van der Waals surface area (Å²) in [5.74, 6) is -1.00. The van der Waals surface area contributed by atoms with Gasteiger partial charge in [-0.25, -0.2) is 4.39 Å². The molecule has 0 radical (unpaired) electrons. The van der Waals surface area contributed by atoms with Crippen LogP contribution in [0.3, 0.4) is 0 Å².